The van der Waals surface area contributed by atoms with E-state index >= 15 is 0 Å². The highest BCUT2D eigenvalue weighted by molar-refractivity contribution is 9.10. The fourth-order valence-corrected chi connectivity index (χ4v) is 3.41. The predicted molar refractivity (Wildman–Crippen MR) is 90.0 cm³/mol. The van der Waals surface area contributed by atoms with Crippen molar-refractivity contribution < 1.29 is 4.79 Å². The third-order valence-electron chi connectivity index (χ3n) is 4.27. The van der Waals surface area contributed by atoms with E-state index in [0.717, 1.165) is 17.4 Å². The Balaban J connectivity index is 1.80. The molecule has 0 aromatic heterocycles. The summed E-state index contributed by atoms with van der Waals surface area (Å²) in [5.74, 6) is 0.750. The van der Waals surface area contributed by atoms with Gasteiger partial charge in [-0.1, -0.05) is 53.9 Å². The molecule has 3 nitrogen and oxygen atoms in total. The van der Waals surface area contributed by atoms with Crippen molar-refractivity contribution in [1.82, 2.24) is 10.2 Å². The lowest BCUT2D eigenvalue weighted by Gasteiger charge is -2.30. The Morgan fingerprint density at radius 2 is 2.05 bits per heavy atom. The van der Waals surface area contributed by atoms with Gasteiger partial charge in [-0.3, -0.25) is 9.69 Å². The summed E-state index contributed by atoms with van der Waals surface area (Å²) in [6, 6.07) is 8.51. The number of nitrogens with one attached hydrogen (secondary N) is 1. The van der Waals surface area contributed by atoms with Crippen molar-refractivity contribution >= 4 is 21.8 Å². The van der Waals surface area contributed by atoms with Crippen molar-refractivity contribution in [2.75, 3.05) is 13.6 Å². The molecule has 1 aliphatic carbocycles. The van der Waals surface area contributed by atoms with E-state index in [1.54, 1.807) is 0 Å². The molecule has 1 aromatic carbocycles. The highest BCUT2D eigenvalue weighted by Crippen LogP contribution is 2.23. The minimum absolute atomic E-state index is 0.142. The topological polar surface area (TPSA) is 32.3 Å². The quantitative estimate of drug-likeness (QED) is 0.878. The summed E-state index contributed by atoms with van der Waals surface area (Å²) in [5.41, 5.74) is 1.21. The smallest absolute Gasteiger partial charge is 0.234 e. The second-order valence-electron chi connectivity index (χ2n) is 6.20. The van der Waals surface area contributed by atoms with Crippen molar-refractivity contribution in [3.05, 3.63) is 34.3 Å². The maximum atomic E-state index is 12.2. The van der Waals surface area contributed by atoms with Crippen LogP contribution in [0, 0.1) is 5.92 Å². The Hall–Kier alpha value is -0.870. The van der Waals surface area contributed by atoms with Crippen molar-refractivity contribution in [2.45, 2.75) is 45.2 Å². The Bertz CT molecular complexity index is 478. The number of hydrogen-bond acceptors (Lipinski definition) is 2. The zero-order valence-electron chi connectivity index (χ0n) is 12.9. The Kier molecular flexibility index (Phi) is 6.24. The largest absolute Gasteiger partial charge is 0.352 e. The molecule has 1 amide bonds. The van der Waals surface area contributed by atoms with Crippen LogP contribution >= 0.6 is 15.9 Å². The van der Waals surface area contributed by atoms with Gasteiger partial charge in [0.1, 0.15) is 0 Å². The van der Waals surface area contributed by atoms with Crippen molar-refractivity contribution in [3.63, 3.8) is 0 Å². The van der Waals surface area contributed by atoms with E-state index in [1.807, 2.05) is 25.2 Å². The van der Waals surface area contributed by atoms with Crippen LogP contribution in [0.15, 0.2) is 28.7 Å². The molecule has 1 fully saturated rings. The molecular weight excluding hydrogens is 328 g/mol. The van der Waals surface area contributed by atoms with Crippen molar-refractivity contribution in [3.8, 4) is 0 Å². The summed E-state index contributed by atoms with van der Waals surface area (Å²) in [6.45, 7) is 3.47. The van der Waals surface area contributed by atoms with E-state index in [2.05, 4.69) is 39.1 Å². The Morgan fingerprint density at radius 3 is 2.76 bits per heavy atom. The lowest BCUT2D eigenvalue weighted by molar-refractivity contribution is -0.123. The maximum absolute atomic E-state index is 12.2. The van der Waals surface area contributed by atoms with Crippen LogP contribution in [0.2, 0.25) is 0 Å². The second-order valence-corrected chi connectivity index (χ2v) is 7.05. The monoisotopic (exact) mass is 352 g/mol. The summed E-state index contributed by atoms with van der Waals surface area (Å²) in [6.07, 6.45) is 4.90. The molecule has 0 saturated heterocycles. The fourth-order valence-electron chi connectivity index (χ4n) is 3.00. The maximum Gasteiger partial charge on any atom is 0.234 e. The zero-order valence-corrected chi connectivity index (χ0v) is 14.5. The van der Waals surface area contributed by atoms with Gasteiger partial charge in [0.15, 0.2) is 0 Å². The Morgan fingerprint density at radius 1 is 1.33 bits per heavy atom. The van der Waals surface area contributed by atoms with Crippen LogP contribution in [0.1, 0.15) is 38.2 Å². The molecule has 0 bridgehead atoms. The first-order valence-electron chi connectivity index (χ1n) is 7.77. The van der Waals surface area contributed by atoms with Crippen LogP contribution < -0.4 is 5.32 Å². The van der Waals surface area contributed by atoms with Gasteiger partial charge in [-0.2, -0.15) is 0 Å². The van der Waals surface area contributed by atoms with Gasteiger partial charge in [-0.25, -0.2) is 0 Å². The van der Waals surface area contributed by atoms with Crippen molar-refractivity contribution in [1.29, 1.82) is 0 Å². The van der Waals surface area contributed by atoms with Gasteiger partial charge in [0, 0.05) is 17.1 Å². The van der Waals surface area contributed by atoms with E-state index in [0.29, 0.717) is 18.5 Å². The van der Waals surface area contributed by atoms with Crippen LogP contribution in [0.3, 0.4) is 0 Å². The number of halogens is 1. The average molecular weight is 353 g/mol. The van der Waals surface area contributed by atoms with Crippen molar-refractivity contribution in [2.24, 2.45) is 5.92 Å². The Labute approximate surface area is 136 Å². The third-order valence-corrected chi connectivity index (χ3v) is 5.04. The molecule has 4 heteroatoms. The number of carbonyl (C=O) groups excluding carboxylic acids is 1. The van der Waals surface area contributed by atoms with Crippen LogP contribution in [0.25, 0.3) is 0 Å². The predicted octanol–water partition coefficient (Wildman–Crippen LogP) is 3.58. The molecule has 0 radical (unpaired) electrons. The fraction of sp³-hybridized carbons (Fsp3) is 0.588. The van der Waals surface area contributed by atoms with Gasteiger partial charge in [0.2, 0.25) is 5.91 Å². The lowest BCUT2D eigenvalue weighted by atomic mass is 9.86. The molecule has 2 atom stereocenters. The van der Waals surface area contributed by atoms with Crippen LogP contribution in [0.5, 0.6) is 0 Å². The molecule has 1 aliphatic rings. The molecule has 0 heterocycles. The summed E-state index contributed by atoms with van der Waals surface area (Å²) < 4.78 is 1.10. The van der Waals surface area contributed by atoms with Gasteiger partial charge in [-0.15, -0.1) is 0 Å². The van der Waals surface area contributed by atoms with Crippen LogP contribution in [-0.2, 0) is 11.3 Å². The summed E-state index contributed by atoms with van der Waals surface area (Å²) >= 11 is 3.55. The first-order chi connectivity index (χ1) is 10.1. The van der Waals surface area contributed by atoms with Gasteiger partial charge in [0.05, 0.1) is 6.54 Å². The summed E-state index contributed by atoms with van der Waals surface area (Å²) in [7, 11) is 1.99. The SMILES string of the molecule is C[C@@H]1CCCC[C@H]1NC(=O)CN(C)Cc1ccccc1Br. The standard InChI is InChI=1S/C17H25BrN2O/c1-13-7-3-6-10-16(13)19-17(21)12-20(2)11-14-8-4-5-9-15(14)18/h4-5,8-9,13,16H,3,6-7,10-12H2,1-2H3,(H,19,21)/t13-,16-/m1/s1. The van der Waals surface area contributed by atoms with E-state index in [4.69, 9.17) is 0 Å². The van der Waals surface area contributed by atoms with Gasteiger partial charge >= 0.3 is 0 Å². The van der Waals surface area contributed by atoms with Gasteiger partial charge in [-0.05, 0) is 37.4 Å². The second kappa shape index (κ2) is 7.95. The minimum Gasteiger partial charge on any atom is -0.352 e. The molecule has 0 aliphatic heterocycles. The number of nitrogens with zero attached hydrogens (tertiary/aromatic N) is 1. The van der Waals surface area contributed by atoms with Crippen LogP contribution in [0.4, 0.5) is 0 Å². The molecule has 2 rings (SSSR count). The minimum atomic E-state index is 0.142. The summed E-state index contributed by atoms with van der Waals surface area (Å²) in [5, 5.41) is 3.21. The highest BCUT2D eigenvalue weighted by atomic mass is 79.9. The molecule has 0 spiro atoms. The molecular formula is C17H25BrN2O. The average Bonchev–Trinajstić information content (AvgIpc) is 2.44. The normalized spacial score (nSPS) is 22.3. The highest BCUT2D eigenvalue weighted by Gasteiger charge is 2.23. The number of carbonyl (C=O) groups is 1. The molecule has 1 saturated carbocycles. The molecule has 21 heavy (non-hydrogen) atoms. The number of likely N-dealkylation sites (N-methyl/N-ethyl adjacent to an activating group) is 1. The van der Waals surface area contributed by atoms with E-state index in [-0.39, 0.29) is 5.91 Å². The van der Waals surface area contributed by atoms with E-state index in [1.165, 1.54) is 24.8 Å². The number of amides is 1. The third kappa shape index (κ3) is 5.11. The van der Waals surface area contributed by atoms with Gasteiger partial charge in [0.25, 0.3) is 0 Å². The molecule has 0 unspecified atom stereocenters. The van der Waals surface area contributed by atoms with E-state index < -0.39 is 0 Å². The van der Waals surface area contributed by atoms with Gasteiger partial charge < -0.3 is 5.32 Å². The number of benzene rings is 1. The van der Waals surface area contributed by atoms with Crippen LogP contribution in [-0.4, -0.2) is 30.4 Å². The molecule has 1 N–H and O–H groups in total. The first kappa shape index (κ1) is 16.5. The number of hydrogen-bond donors (Lipinski definition) is 1. The molecule has 1 aromatic rings. The van der Waals surface area contributed by atoms with E-state index in [9.17, 15) is 4.79 Å². The summed E-state index contributed by atoms with van der Waals surface area (Å²) in [4.78, 5) is 14.2. The first-order valence-corrected chi connectivity index (χ1v) is 8.57. The number of rotatable bonds is 5. The lowest BCUT2D eigenvalue weighted by Crippen LogP contribution is -2.44. The zero-order chi connectivity index (χ0) is 15.2. The molecule has 116 valence electrons.